The van der Waals surface area contributed by atoms with Crippen LogP contribution in [0.4, 0.5) is 5.13 Å². The highest BCUT2D eigenvalue weighted by atomic mass is 35.5. The number of aromatic nitrogens is 1. The number of amides is 1. The number of carbonyl (C=O) groups is 1. The molecule has 1 N–H and O–H groups in total. The number of carbonyl (C=O) groups excluding carboxylic acids is 1. The van der Waals surface area contributed by atoms with Crippen LogP contribution in [0.25, 0.3) is 0 Å². The van der Waals surface area contributed by atoms with E-state index in [1.54, 1.807) is 30.5 Å². The highest BCUT2D eigenvalue weighted by Crippen LogP contribution is 2.27. The number of benzene rings is 2. The number of hydrogen-bond acceptors (Lipinski definition) is 4. The maximum Gasteiger partial charge on any atom is 0.261 e. The molecular weight excluding hydrogens is 403 g/mol. The predicted octanol–water partition coefficient (Wildman–Crippen LogP) is 6.08. The van der Waals surface area contributed by atoms with Gasteiger partial charge in [0.25, 0.3) is 5.91 Å². The van der Waals surface area contributed by atoms with Gasteiger partial charge in [-0.05, 0) is 36.2 Å². The number of hydrogen-bond donors (Lipinski definition) is 1. The van der Waals surface area contributed by atoms with Gasteiger partial charge in [0.2, 0.25) is 0 Å². The van der Waals surface area contributed by atoms with E-state index in [-0.39, 0.29) is 5.91 Å². The molecule has 0 aliphatic heterocycles. The quantitative estimate of drug-likeness (QED) is 0.503. The number of thiazole rings is 1. The summed E-state index contributed by atoms with van der Waals surface area (Å²) in [4.78, 5) is 17.9. The lowest BCUT2D eigenvalue weighted by Gasteiger charge is -2.09. The summed E-state index contributed by atoms with van der Waals surface area (Å²) in [5.41, 5.74) is 1.45. The number of anilines is 1. The highest BCUT2D eigenvalue weighted by Gasteiger charge is 2.14. The van der Waals surface area contributed by atoms with Crippen molar-refractivity contribution in [3.8, 4) is 5.75 Å². The summed E-state index contributed by atoms with van der Waals surface area (Å²) in [7, 11) is 0. The first-order chi connectivity index (χ1) is 13.1. The van der Waals surface area contributed by atoms with Gasteiger partial charge in [0, 0.05) is 27.5 Å². The molecular formula is C20H18Cl2N2O2S. The Balaban J connectivity index is 1.70. The molecule has 0 saturated heterocycles. The Morgan fingerprint density at radius 1 is 1.22 bits per heavy atom. The molecule has 7 heteroatoms. The molecule has 2 aromatic carbocycles. The fourth-order valence-corrected chi connectivity index (χ4v) is 3.76. The van der Waals surface area contributed by atoms with E-state index in [0.29, 0.717) is 39.5 Å². The van der Waals surface area contributed by atoms with Gasteiger partial charge in [0.1, 0.15) is 5.75 Å². The van der Waals surface area contributed by atoms with Crippen LogP contribution in [-0.2, 0) is 6.42 Å². The van der Waals surface area contributed by atoms with Crippen LogP contribution in [0.5, 0.6) is 5.75 Å². The molecule has 0 bridgehead atoms. The number of nitrogens with zero attached hydrogens (tertiary/aromatic N) is 1. The summed E-state index contributed by atoms with van der Waals surface area (Å²) in [6, 6.07) is 12.6. The van der Waals surface area contributed by atoms with Gasteiger partial charge >= 0.3 is 0 Å². The summed E-state index contributed by atoms with van der Waals surface area (Å²) in [5.74, 6) is 0.328. The minimum Gasteiger partial charge on any atom is -0.493 e. The second-order valence-corrected chi connectivity index (χ2v) is 7.80. The third kappa shape index (κ3) is 5.22. The number of nitrogens with one attached hydrogen (secondary N) is 1. The van der Waals surface area contributed by atoms with Crippen LogP contribution in [-0.4, -0.2) is 17.5 Å². The van der Waals surface area contributed by atoms with E-state index in [9.17, 15) is 4.79 Å². The van der Waals surface area contributed by atoms with Crippen molar-refractivity contribution in [3.05, 3.63) is 74.7 Å². The van der Waals surface area contributed by atoms with Gasteiger partial charge in [0.15, 0.2) is 5.13 Å². The van der Waals surface area contributed by atoms with Crippen LogP contribution >= 0.6 is 34.5 Å². The summed E-state index contributed by atoms with van der Waals surface area (Å²) in [6.07, 6.45) is 3.24. The fourth-order valence-electron chi connectivity index (χ4n) is 2.46. The van der Waals surface area contributed by atoms with Gasteiger partial charge in [0.05, 0.1) is 12.2 Å². The predicted molar refractivity (Wildman–Crippen MR) is 112 cm³/mol. The average Bonchev–Trinajstić information content (AvgIpc) is 3.09. The number of para-hydroxylation sites is 1. The van der Waals surface area contributed by atoms with Crippen LogP contribution in [0.1, 0.15) is 34.1 Å². The molecule has 1 aromatic heterocycles. The summed E-state index contributed by atoms with van der Waals surface area (Å²) in [6.45, 7) is 2.58. The SMILES string of the molecule is CCCOc1ccccc1C(=O)Nc1ncc(Cc2ccc(Cl)cc2Cl)s1. The Kier molecular flexibility index (Phi) is 6.72. The van der Waals surface area contributed by atoms with Crippen molar-refractivity contribution in [2.45, 2.75) is 19.8 Å². The largest absolute Gasteiger partial charge is 0.493 e. The van der Waals surface area contributed by atoms with Crippen LogP contribution in [0.3, 0.4) is 0 Å². The Labute approximate surface area is 172 Å². The van der Waals surface area contributed by atoms with E-state index in [0.717, 1.165) is 16.9 Å². The monoisotopic (exact) mass is 420 g/mol. The van der Waals surface area contributed by atoms with E-state index in [1.807, 2.05) is 25.1 Å². The zero-order chi connectivity index (χ0) is 19.2. The highest BCUT2D eigenvalue weighted by molar-refractivity contribution is 7.15. The molecule has 4 nitrogen and oxygen atoms in total. The minimum absolute atomic E-state index is 0.243. The van der Waals surface area contributed by atoms with Gasteiger partial charge < -0.3 is 4.74 Å². The van der Waals surface area contributed by atoms with Crippen LogP contribution in [0, 0.1) is 0 Å². The Hall–Kier alpha value is -2.08. The molecule has 0 aliphatic rings. The van der Waals surface area contributed by atoms with Gasteiger partial charge in [-0.3, -0.25) is 10.1 Å². The van der Waals surface area contributed by atoms with Crippen molar-refractivity contribution in [1.82, 2.24) is 4.98 Å². The summed E-state index contributed by atoms with van der Waals surface area (Å²) < 4.78 is 5.65. The van der Waals surface area contributed by atoms with Crippen molar-refractivity contribution in [2.24, 2.45) is 0 Å². The molecule has 3 aromatic rings. The van der Waals surface area contributed by atoms with E-state index in [1.165, 1.54) is 11.3 Å². The molecule has 0 fully saturated rings. The minimum atomic E-state index is -0.243. The molecule has 140 valence electrons. The molecule has 27 heavy (non-hydrogen) atoms. The molecule has 1 amide bonds. The average molecular weight is 421 g/mol. The first-order valence-electron chi connectivity index (χ1n) is 8.48. The maximum absolute atomic E-state index is 12.6. The molecule has 0 atom stereocenters. The molecule has 0 spiro atoms. The lowest BCUT2D eigenvalue weighted by Crippen LogP contribution is -2.13. The van der Waals surface area contributed by atoms with Gasteiger partial charge in [-0.1, -0.05) is 48.3 Å². The summed E-state index contributed by atoms with van der Waals surface area (Å²) in [5, 5.41) is 4.59. The Morgan fingerprint density at radius 2 is 2.04 bits per heavy atom. The third-order valence-electron chi connectivity index (χ3n) is 3.75. The van der Waals surface area contributed by atoms with Gasteiger partial charge in [-0.15, -0.1) is 11.3 Å². The topological polar surface area (TPSA) is 51.2 Å². The van der Waals surface area contributed by atoms with Gasteiger partial charge in [-0.2, -0.15) is 0 Å². The number of rotatable bonds is 7. The van der Waals surface area contributed by atoms with E-state index >= 15 is 0 Å². The lowest BCUT2D eigenvalue weighted by atomic mass is 10.1. The van der Waals surface area contributed by atoms with Crippen LogP contribution in [0.2, 0.25) is 10.0 Å². The Bertz CT molecular complexity index is 943. The number of halogens is 2. The zero-order valence-corrected chi connectivity index (χ0v) is 17.0. The molecule has 0 unspecified atom stereocenters. The number of ether oxygens (including phenoxy) is 1. The van der Waals surface area contributed by atoms with Crippen LogP contribution in [0.15, 0.2) is 48.7 Å². The lowest BCUT2D eigenvalue weighted by molar-refractivity contribution is 0.102. The second-order valence-electron chi connectivity index (χ2n) is 5.84. The molecule has 3 rings (SSSR count). The van der Waals surface area contributed by atoms with Crippen LogP contribution < -0.4 is 10.1 Å². The maximum atomic E-state index is 12.6. The van der Waals surface area contributed by atoms with Crippen molar-refractivity contribution in [3.63, 3.8) is 0 Å². The smallest absolute Gasteiger partial charge is 0.261 e. The fraction of sp³-hybridized carbons (Fsp3) is 0.200. The molecule has 0 saturated carbocycles. The van der Waals surface area contributed by atoms with Crippen molar-refractivity contribution in [2.75, 3.05) is 11.9 Å². The van der Waals surface area contributed by atoms with Crippen molar-refractivity contribution >= 4 is 45.6 Å². The summed E-state index contributed by atoms with van der Waals surface area (Å²) >= 11 is 13.6. The van der Waals surface area contributed by atoms with E-state index in [2.05, 4.69) is 10.3 Å². The first kappa shape index (κ1) is 19.7. The van der Waals surface area contributed by atoms with Crippen molar-refractivity contribution in [1.29, 1.82) is 0 Å². The molecule has 1 heterocycles. The standard InChI is InChI=1S/C20H18Cl2N2O2S/c1-2-9-26-18-6-4-3-5-16(18)19(25)24-20-23-12-15(27-20)10-13-7-8-14(21)11-17(13)22/h3-8,11-12H,2,9-10H2,1H3,(H,23,24,25). The van der Waals surface area contributed by atoms with Crippen molar-refractivity contribution < 1.29 is 9.53 Å². The van der Waals surface area contributed by atoms with Gasteiger partial charge in [-0.25, -0.2) is 4.98 Å². The van der Waals surface area contributed by atoms with E-state index in [4.69, 9.17) is 27.9 Å². The molecule has 0 aliphatic carbocycles. The normalized spacial score (nSPS) is 10.6. The second kappa shape index (κ2) is 9.22. The first-order valence-corrected chi connectivity index (χ1v) is 10.1. The third-order valence-corrected chi connectivity index (χ3v) is 5.25. The van der Waals surface area contributed by atoms with E-state index < -0.39 is 0 Å². The zero-order valence-electron chi connectivity index (χ0n) is 14.7. The molecule has 0 radical (unpaired) electrons. The Morgan fingerprint density at radius 3 is 2.81 bits per heavy atom.